The monoisotopic (exact) mass is 564 g/mol. The second-order valence-corrected chi connectivity index (χ2v) is 11.5. The lowest BCUT2D eigenvalue weighted by molar-refractivity contribution is 0.263. The maximum Gasteiger partial charge on any atom is 0.119 e. The molecule has 6 aromatic carbocycles. The molecule has 0 spiro atoms. The minimum absolute atomic E-state index is 0.209. The van der Waals surface area contributed by atoms with Crippen LogP contribution in [0.4, 0.5) is 0 Å². The summed E-state index contributed by atoms with van der Waals surface area (Å²) in [7, 11) is 0. The molecule has 0 aromatic heterocycles. The van der Waals surface area contributed by atoms with E-state index in [2.05, 4.69) is 133 Å². The smallest absolute Gasteiger partial charge is 0.119 e. The van der Waals surface area contributed by atoms with Crippen LogP contribution >= 0.6 is 0 Å². The Morgan fingerprint density at radius 1 is 0.465 bits per heavy atom. The molecule has 0 N–H and O–H groups in total. The first-order valence-electron chi connectivity index (χ1n) is 14.9. The van der Waals surface area contributed by atoms with Crippen molar-refractivity contribution in [1.82, 2.24) is 0 Å². The van der Waals surface area contributed by atoms with E-state index >= 15 is 0 Å². The highest BCUT2D eigenvalue weighted by molar-refractivity contribution is 5.86. The number of hydrogen-bond donors (Lipinski definition) is 0. The fourth-order valence-corrected chi connectivity index (χ4v) is 6.15. The zero-order valence-electron chi connectivity index (χ0n) is 23.8. The standard InChI is InChI=1S/C39H32O4/c1-3-7-29-21-33(11-9-27(29)5-1)39(34-12-10-28-6-2-4-8-30(28)22-34,31-13-17-35(18-14-31)40-23-37-25-42-37)32-15-19-36(20-16-32)41-24-38-26-43-38/h1-22,37-38H,23-26H2. The van der Waals surface area contributed by atoms with Crippen molar-refractivity contribution in [3.63, 3.8) is 0 Å². The van der Waals surface area contributed by atoms with Gasteiger partial charge in [-0.25, -0.2) is 0 Å². The third-order valence-electron chi connectivity index (χ3n) is 8.62. The van der Waals surface area contributed by atoms with Crippen molar-refractivity contribution >= 4 is 21.5 Å². The molecule has 212 valence electrons. The number of hydrogen-bond acceptors (Lipinski definition) is 4. The lowest BCUT2D eigenvalue weighted by Gasteiger charge is -2.37. The Bertz CT molecular complexity index is 1750. The molecular formula is C39H32O4. The zero-order chi connectivity index (χ0) is 28.6. The molecule has 0 saturated carbocycles. The Morgan fingerprint density at radius 2 is 0.837 bits per heavy atom. The highest BCUT2D eigenvalue weighted by Crippen LogP contribution is 2.47. The van der Waals surface area contributed by atoms with Gasteiger partial charge in [-0.15, -0.1) is 0 Å². The van der Waals surface area contributed by atoms with Crippen LogP contribution in [-0.2, 0) is 14.9 Å². The van der Waals surface area contributed by atoms with Crippen molar-refractivity contribution in [2.24, 2.45) is 0 Å². The lowest BCUT2D eigenvalue weighted by Crippen LogP contribution is -2.31. The fraction of sp³-hybridized carbons (Fsp3) is 0.179. The summed E-state index contributed by atoms with van der Waals surface area (Å²) >= 11 is 0. The van der Waals surface area contributed by atoms with Gasteiger partial charge in [0, 0.05) is 0 Å². The van der Waals surface area contributed by atoms with Gasteiger partial charge >= 0.3 is 0 Å². The maximum absolute atomic E-state index is 6.05. The van der Waals surface area contributed by atoms with Crippen LogP contribution in [0.1, 0.15) is 22.3 Å². The molecular weight excluding hydrogens is 532 g/mol. The van der Waals surface area contributed by atoms with Gasteiger partial charge in [-0.05, 0) is 80.2 Å². The van der Waals surface area contributed by atoms with Gasteiger partial charge < -0.3 is 18.9 Å². The van der Waals surface area contributed by atoms with Crippen molar-refractivity contribution < 1.29 is 18.9 Å². The maximum atomic E-state index is 6.05. The van der Waals surface area contributed by atoms with E-state index in [0.717, 1.165) is 35.8 Å². The summed E-state index contributed by atoms with van der Waals surface area (Å²) in [5.41, 5.74) is 4.11. The molecule has 2 saturated heterocycles. The summed E-state index contributed by atoms with van der Waals surface area (Å²) in [6.07, 6.45) is 0.419. The van der Waals surface area contributed by atoms with Crippen molar-refractivity contribution in [2.75, 3.05) is 26.4 Å². The van der Waals surface area contributed by atoms with Crippen molar-refractivity contribution in [1.29, 1.82) is 0 Å². The Balaban J connectivity index is 1.34. The van der Waals surface area contributed by atoms with Crippen molar-refractivity contribution in [3.8, 4) is 11.5 Å². The van der Waals surface area contributed by atoms with E-state index in [1.54, 1.807) is 0 Å². The number of rotatable bonds is 10. The normalized spacial score (nSPS) is 17.6. The Morgan fingerprint density at radius 3 is 1.23 bits per heavy atom. The van der Waals surface area contributed by atoms with Crippen molar-refractivity contribution in [2.45, 2.75) is 17.6 Å². The Kier molecular flexibility index (Phi) is 6.59. The van der Waals surface area contributed by atoms with Gasteiger partial charge in [0.1, 0.15) is 36.9 Å². The highest BCUT2D eigenvalue weighted by atomic mass is 16.6. The first-order valence-corrected chi connectivity index (χ1v) is 14.9. The molecule has 2 aliphatic rings. The van der Waals surface area contributed by atoms with Gasteiger partial charge in [0.15, 0.2) is 0 Å². The molecule has 4 nitrogen and oxygen atoms in total. The van der Waals surface area contributed by atoms with Crippen LogP contribution in [0.2, 0.25) is 0 Å². The third-order valence-corrected chi connectivity index (χ3v) is 8.62. The van der Waals surface area contributed by atoms with Crippen LogP contribution in [0.15, 0.2) is 133 Å². The largest absolute Gasteiger partial charge is 0.491 e. The van der Waals surface area contributed by atoms with Gasteiger partial charge in [-0.1, -0.05) is 97.1 Å². The highest BCUT2D eigenvalue weighted by Gasteiger charge is 2.39. The van der Waals surface area contributed by atoms with Gasteiger partial charge in [0.05, 0.1) is 18.6 Å². The van der Waals surface area contributed by atoms with E-state index in [4.69, 9.17) is 18.9 Å². The summed E-state index contributed by atoms with van der Waals surface area (Å²) in [5.74, 6) is 1.69. The first-order chi connectivity index (χ1) is 21.3. The summed E-state index contributed by atoms with van der Waals surface area (Å²) in [4.78, 5) is 0. The minimum atomic E-state index is -0.607. The Hall–Kier alpha value is -4.64. The van der Waals surface area contributed by atoms with E-state index < -0.39 is 5.41 Å². The van der Waals surface area contributed by atoms with Crippen molar-refractivity contribution in [3.05, 3.63) is 156 Å². The van der Waals surface area contributed by atoms with Gasteiger partial charge in [-0.2, -0.15) is 0 Å². The molecule has 0 radical (unpaired) electrons. The van der Waals surface area contributed by atoms with E-state index in [0.29, 0.717) is 13.2 Å². The SMILES string of the molecule is c1ccc2cc(C(c3ccc(OCC4CO4)cc3)(c3ccc(OCC4CO4)cc3)c3ccc4ccccc4c3)ccc2c1. The number of benzene rings is 6. The molecule has 2 heterocycles. The molecule has 8 rings (SSSR count). The predicted octanol–water partition coefficient (Wildman–Crippen LogP) is 7.93. The summed E-state index contributed by atoms with van der Waals surface area (Å²) in [5, 5.41) is 4.85. The number of fused-ring (bicyclic) bond motifs is 2. The molecule has 43 heavy (non-hydrogen) atoms. The molecule has 2 aliphatic heterocycles. The van der Waals surface area contributed by atoms with Gasteiger partial charge in [0.2, 0.25) is 0 Å². The number of epoxide rings is 2. The van der Waals surface area contributed by atoms with Gasteiger partial charge in [-0.3, -0.25) is 0 Å². The lowest BCUT2D eigenvalue weighted by atomic mass is 9.64. The molecule has 2 atom stereocenters. The molecule has 2 fully saturated rings. The molecule has 0 aliphatic carbocycles. The Labute approximate surface area is 251 Å². The second kappa shape index (κ2) is 10.9. The average Bonchev–Trinajstić information content (AvgIpc) is 4.00. The predicted molar refractivity (Wildman–Crippen MR) is 170 cm³/mol. The first kappa shape index (κ1) is 26.0. The third kappa shape index (κ3) is 5.14. The van der Waals surface area contributed by atoms with Crippen LogP contribution in [0.3, 0.4) is 0 Å². The average molecular weight is 565 g/mol. The summed E-state index contributed by atoms with van der Waals surface area (Å²) in [6.45, 7) is 2.71. The quantitative estimate of drug-likeness (QED) is 0.125. The van der Waals surface area contributed by atoms with Crippen LogP contribution in [0.5, 0.6) is 11.5 Å². The molecule has 4 heteroatoms. The van der Waals surface area contributed by atoms with Gasteiger partial charge in [0.25, 0.3) is 0 Å². The van der Waals surface area contributed by atoms with E-state index in [1.807, 2.05) is 0 Å². The van der Waals surface area contributed by atoms with Crippen LogP contribution in [-0.4, -0.2) is 38.6 Å². The van der Waals surface area contributed by atoms with Crippen LogP contribution < -0.4 is 9.47 Å². The fourth-order valence-electron chi connectivity index (χ4n) is 6.15. The minimum Gasteiger partial charge on any atom is -0.491 e. The topological polar surface area (TPSA) is 43.5 Å². The van der Waals surface area contributed by atoms with E-state index in [-0.39, 0.29) is 12.2 Å². The van der Waals surface area contributed by atoms with E-state index in [9.17, 15) is 0 Å². The molecule has 2 unspecified atom stereocenters. The zero-order valence-corrected chi connectivity index (χ0v) is 23.8. The molecule has 6 aromatic rings. The van der Waals surface area contributed by atoms with E-state index in [1.165, 1.54) is 32.7 Å². The second-order valence-electron chi connectivity index (χ2n) is 11.5. The summed E-state index contributed by atoms with van der Waals surface area (Å²) < 4.78 is 22.8. The summed E-state index contributed by atoms with van der Waals surface area (Å²) in [6, 6.07) is 48.0. The van der Waals surface area contributed by atoms with Crippen LogP contribution in [0, 0.1) is 0 Å². The molecule has 0 amide bonds. The molecule has 0 bridgehead atoms. The number of ether oxygens (including phenoxy) is 4. The van der Waals surface area contributed by atoms with Crippen LogP contribution in [0.25, 0.3) is 21.5 Å².